The Balaban J connectivity index is 1.66. The van der Waals surface area contributed by atoms with Crippen LogP contribution in [0.15, 0.2) is 46.9 Å². The van der Waals surface area contributed by atoms with Crippen molar-refractivity contribution < 1.29 is 29.0 Å². The van der Waals surface area contributed by atoms with E-state index in [4.69, 9.17) is 9.47 Å². The Morgan fingerprint density at radius 3 is 2.55 bits per heavy atom. The lowest BCUT2D eigenvalue weighted by Crippen LogP contribution is -2.35. The van der Waals surface area contributed by atoms with Gasteiger partial charge in [0.2, 0.25) is 5.91 Å². The topological polar surface area (TPSA) is 114 Å². The molecule has 0 fully saturated rings. The van der Waals surface area contributed by atoms with Crippen LogP contribution >= 0.6 is 15.9 Å². The number of hydrogen-bond acceptors (Lipinski definition) is 6. The number of phenols is 1. The number of esters is 1. The summed E-state index contributed by atoms with van der Waals surface area (Å²) < 4.78 is 10.6. The number of methoxy groups -OCH3 is 1. The Kier molecular flexibility index (Phi) is 8.47. The Morgan fingerprint density at radius 2 is 1.86 bits per heavy atom. The zero-order valence-corrected chi connectivity index (χ0v) is 17.3. The molecule has 0 bridgehead atoms. The van der Waals surface area contributed by atoms with Gasteiger partial charge in [0.1, 0.15) is 0 Å². The number of hydrogen-bond donors (Lipinski definition) is 3. The summed E-state index contributed by atoms with van der Waals surface area (Å²) in [5.41, 5.74) is 1.32. The first kappa shape index (κ1) is 22.2. The molecule has 3 N–H and O–H groups in total. The molecule has 2 aromatic rings. The summed E-state index contributed by atoms with van der Waals surface area (Å²) >= 11 is 3.31. The van der Waals surface area contributed by atoms with Crippen molar-refractivity contribution in [2.24, 2.45) is 0 Å². The van der Waals surface area contributed by atoms with Crippen LogP contribution in [0.4, 0.5) is 5.69 Å². The van der Waals surface area contributed by atoms with Crippen LogP contribution in [0.5, 0.6) is 11.5 Å². The molecule has 2 rings (SSSR count). The Bertz CT molecular complexity index is 887. The van der Waals surface area contributed by atoms with Crippen LogP contribution in [0.1, 0.15) is 12.0 Å². The number of aromatic hydroxyl groups is 1. The second kappa shape index (κ2) is 11.1. The molecule has 0 aliphatic heterocycles. The van der Waals surface area contributed by atoms with Gasteiger partial charge in [-0.25, -0.2) is 0 Å². The smallest absolute Gasteiger partial charge is 0.306 e. The molecule has 0 spiro atoms. The number of para-hydroxylation sites is 1. The van der Waals surface area contributed by atoms with Crippen LogP contribution < -0.4 is 15.4 Å². The van der Waals surface area contributed by atoms with Gasteiger partial charge in [-0.1, -0.05) is 18.2 Å². The maximum Gasteiger partial charge on any atom is 0.306 e. The van der Waals surface area contributed by atoms with Gasteiger partial charge in [-0.05, 0) is 52.2 Å². The lowest BCUT2D eigenvalue weighted by Gasteiger charge is -2.09. The fourth-order valence-corrected chi connectivity index (χ4v) is 2.73. The number of aryl methyl sites for hydroxylation is 1. The largest absolute Gasteiger partial charge is 0.504 e. The number of amides is 2. The van der Waals surface area contributed by atoms with Crippen molar-refractivity contribution >= 4 is 39.4 Å². The van der Waals surface area contributed by atoms with Gasteiger partial charge in [0.05, 0.1) is 19.3 Å². The molecule has 8 nitrogen and oxygen atoms in total. The summed E-state index contributed by atoms with van der Waals surface area (Å²) in [5.74, 6) is -1.22. The zero-order valence-electron chi connectivity index (χ0n) is 15.7. The highest BCUT2D eigenvalue weighted by atomic mass is 79.9. The van der Waals surface area contributed by atoms with Gasteiger partial charge in [0, 0.05) is 10.9 Å². The van der Waals surface area contributed by atoms with Crippen LogP contribution in [-0.4, -0.2) is 43.2 Å². The average Bonchev–Trinajstić information content (AvgIpc) is 2.71. The number of rotatable bonds is 9. The molecular formula is C20H21BrN2O6. The molecule has 0 saturated carbocycles. The molecule has 2 amide bonds. The molecule has 154 valence electrons. The van der Waals surface area contributed by atoms with Crippen molar-refractivity contribution in [1.29, 1.82) is 0 Å². The third kappa shape index (κ3) is 7.46. The molecule has 0 aromatic heterocycles. The van der Waals surface area contributed by atoms with Gasteiger partial charge in [-0.3, -0.25) is 14.4 Å². The van der Waals surface area contributed by atoms with Gasteiger partial charge < -0.3 is 25.2 Å². The Morgan fingerprint density at radius 1 is 1.10 bits per heavy atom. The summed E-state index contributed by atoms with van der Waals surface area (Å²) in [7, 11) is 1.45. The quantitative estimate of drug-likeness (QED) is 0.491. The second-order valence-corrected chi connectivity index (χ2v) is 6.83. The summed E-state index contributed by atoms with van der Waals surface area (Å²) in [6, 6.07) is 11.9. The van der Waals surface area contributed by atoms with E-state index in [1.54, 1.807) is 30.3 Å². The number of phenolic OH excluding ortho intramolecular Hbond substituents is 1. The first-order chi connectivity index (χ1) is 13.9. The van der Waals surface area contributed by atoms with Crippen molar-refractivity contribution in [3.05, 3.63) is 52.5 Å². The van der Waals surface area contributed by atoms with Crippen molar-refractivity contribution in [3.8, 4) is 11.5 Å². The summed E-state index contributed by atoms with van der Waals surface area (Å²) in [4.78, 5) is 35.4. The van der Waals surface area contributed by atoms with Gasteiger partial charge in [-0.2, -0.15) is 0 Å². The molecule has 0 saturated heterocycles. The van der Waals surface area contributed by atoms with Crippen LogP contribution in [-0.2, 0) is 25.5 Å². The monoisotopic (exact) mass is 464 g/mol. The van der Waals surface area contributed by atoms with Gasteiger partial charge in [0.15, 0.2) is 18.1 Å². The summed E-state index contributed by atoms with van der Waals surface area (Å²) in [6.45, 7) is -0.724. The molecule has 2 aromatic carbocycles. The number of nitrogens with one attached hydrogen (secondary N) is 2. The average molecular weight is 465 g/mol. The van der Waals surface area contributed by atoms with E-state index in [-0.39, 0.29) is 18.7 Å². The summed E-state index contributed by atoms with van der Waals surface area (Å²) in [6.07, 6.45) is 0.383. The first-order valence-corrected chi connectivity index (χ1v) is 9.51. The Labute approximate surface area is 176 Å². The van der Waals surface area contributed by atoms with Crippen molar-refractivity contribution in [2.75, 3.05) is 25.6 Å². The van der Waals surface area contributed by atoms with Crippen LogP contribution in [0.3, 0.4) is 0 Å². The number of carbonyl (C=O) groups is 3. The highest BCUT2D eigenvalue weighted by Gasteiger charge is 2.11. The summed E-state index contributed by atoms with van der Waals surface area (Å²) in [5, 5.41) is 14.7. The molecule has 0 heterocycles. The van der Waals surface area contributed by atoms with E-state index in [1.807, 2.05) is 6.07 Å². The van der Waals surface area contributed by atoms with E-state index in [0.29, 0.717) is 17.9 Å². The van der Waals surface area contributed by atoms with E-state index < -0.39 is 24.4 Å². The van der Waals surface area contributed by atoms with E-state index in [0.717, 1.165) is 10.0 Å². The SMILES string of the molecule is COc1ccc(CCC(=O)OCC(=O)NCC(=O)Nc2ccccc2Br)cc1O. The highest BCUT2D eigenvalue weighted by Crippen LogP contribution is 2.26. The number of ether oxygens (including phenoxy) is 2. The molecule has 0 aliphatic rings. The minimum absolute atomic E-state index is 0.0152. The van der Waals surface area contributed by atoms with E-state index in [1.165, 1.54) is 13.2 Å². The van der Waals surface area contributed by atoms with Gasteiger partial charge >= 0.3 is 5.97 Å². The van der Waals surface area contributed by atoms with Crippen LogP contribution in [0.2, 0.25) is 0 Å². The Hall–Kier alpha value is -3.07. The highest BCUT2D eigenvalue weighted by molar-refractivity contribution is 9.10. The first-order valence-electron chi connectivity index (χ1n) is 8.71. The maximum atomic E-state index is 11.9. The molecule has 9 heteroatoms. The number of benzene rings is 2. The van der Waals surface area contributed by atoms with Crippen molar-refractivity contribution in [1.82, 2.24) is 5.32 Å². The fraction of sp³-hybridized carbons (Fsp3) is 0.250. The molecular weight excluding hydrogens is 444 g/mol. The standard InChI is InChI=1S/C20H21BrN2O6/c1-28-17-8-6-13(10-16(17)24)7-9-20(27)29-12-19(26)22-11-18(25)23-15-5-3-2-4-14(15)21/h2-6,8,10,24H,7,9,11-12H2,1H3,(H,22,26)(H,23,25). The normalized spacial score (nSPS) is 10.1. The van der Waals surface area contributed by atoms with E-state index >= 15 is 0 Å². The lowest BCUT2D eigenvalue weighted by atomic mass is 10.1. The van der Waals surface area contributed by atoms with E-state index in [9.17, 15) is 19.5 Å². The minimum Gasteiger partial charge on any atom is -0.504 e. The molecule has 0 radical (unpaired) electrons. The maximum absolute atomic E-state index is 11.9. The van der Waals surface area contributed by atoms with Gasteiger partial charge in [-0.15, -0.1) is 0 Å². The second-order valence-electron chi connectivity index (χ2n) is 5.97. The predicted octanol–water partition coefficient (Wildman–Crippen LogP) is 2.39. The zero-order chi connectivity index (χ0) is 21.2. The van der Waals surface area contributed by atoms with Crippen LogP contribution in [0.25, 0.3) is 0 Å². The third-order valence-electron chi connectivity index (χ3n) is 3.82. The number of carbonyl (C=O) groups excluding carboxylic acids is 3. The fourth-order valence-electron chi connectivity index (χ4n) is 2.34. The van der Waals surface area contributed by atoms with Crippen LogP contribution in [0, 0.1) is 0 Å². The molecule has 0 atom stereocenters. The number of halogens is 1. The molecule has 29 heavy (non-hydrogen) atoms. The predicted molar refractivity (Wildman–Crippen MR) is 110 cm³/mol. The lowest BCUT2D eigenvalue weighted by molar-refractivity contribution is -0.148. The van der Waals surface area contributed by atoms with Gasteiger partial charge in [0.25, 0.3) is 5.91 Å². The molecule has 0 aliphatic carbocycles. The van der Waals surface area contributed by atoms with Crippen molar-refractivity contribution in [2.45, 2.75) is 12.8 Å². The minimum atomic E-state index is -0.581. The number of anilines is 1. The van der Waals surface area contributed by atoms with Crippen molar-refractivity contribution in [3.63, 3.8) is 0 Å². The van der Waals surface area contributed by atoms with E-state index in [2.05, 4.69) is 26.6 Å². The molecule has 0 unspecified atom stereocenters. The third-order valence-corrected chi connectivity index (χ3v) is 4.51.